The normalized spacial score (nSPS) is 11.4. The summed E-state index contributed by atoms with van der Waals surface area (Å²) in [7, 11) is 0. The zero-order valence-corrected chi connectivity index (χ0v) is 11.0. The molecule has 0 bridgehead atoms. The van der Waals surface area contributed by atoms with E-state index >= 15 is 0 Å². The van der Waals surface area contributed by atoms with Crippen LogP contribution < -0.4 is 5.32 Å². The molecule has 1 aromatic carbocycles. The van der Waals surface area contributed by atoms with Gasteiger partial charge in [0.15, 0.2) is 0 Å². The van der Waals surface area contributed by atoms with Gasteiger partial charge in [-0.05, 0) is 37.1 Å². The highest BCUT2D eigenvalue weighted by atomic mass is 35.5. The van der Waals surface area contributed by atoms with Crippen LogP contribution in [0.2, 0.25) is 5.02 Å². The van der Waals surface area contributed by atoms with Crippen LogP contribution in [0.25, 0.3) is 0 Å². The van der Waals surface area contributed by atoms with Crippen LogP contribution in [0.1, 0.15) is 29.6 Å². The summed E-state index contributed by atoms with van der Waals surface area (Å²) in [5.74, 6) is 0.923. The maximum atomic E-state index is 11.8. The summed E-state index contributed by atoms with van der Waals surface area (Å²) < 4.78 is 0. The molecule has 19 heavy (non-hydrogen) atoms. The first-order valence-corrected chi connectivity index (χ1v) is 6.15. The Labute approximate surface area is 116 Å². The molecule has 4 nitrogen and oxygen atoms in total. The van der Waals surface area contributed by atoms with Crippen LogP contribution in [0.4, 0.5) is 0 Å². The van der Waals surface area contributed by atoms with E-state index in [1.807, 2.05) is 0 Å². The smallest absolute Gasteiger partial charge is 0.326 e. The Kier molecular flexibility index (Phi) is 5.91. The number of unbranched alkanes of at least 4 members (excludes halogenated alkanes) is 1. The molecule has 1 atom stereocenters. The first-order valence-electron chi connectivity index (χ1n) is 5.77. The molecular weight excluding hydrogens is 266 g/mol. The molecule has 0 aliphatic heterocycles. The molecule has 2 N–H and O–H groups in total. The number of amides is 1. The lowest BCUT2D eigenvalue weighted by Gasteiger charge is -2.13. The van der Waals surface area contributed by atoms with Crippen LogP contribution in [0.3, 0.4) is 0 Å². The minimum absolute atomic E-state index is 0.304. The molecule has 0 heterocycles. The second kappa shape index (κ2) is 7.45. The first-order chi connectivity index (χ1) is 9.04. The van der Waals surface area contributed by atoms with Crippen LogP contribution in [0, 0.1) is 12.3 Å². The van der Waals surface area contributed by atoms with E-state index in [-0.39, 0.29) is 0 Å². The molecule has 0 radical (unpaired) electrons. The summed E-state index contributed by atoms with van der Waals surface area (Å²) in [5.41, 5.74) is 0.368. The molecule has 0 unspecified atom stereocenters. The lowest BCUT2D eigenvalue weighted by molar-refractivity contribution is -0.139. The molecule has 0 spiro atoms. The second-order valence-corrected chi connectivity index (χ2v) is 4.40. The van der Waals surface area contributed by atoms with Crippen molar-refractivity contribution in [3.05, 3.63) is 34.9 Å². The highest BCUT2D eigenvalue weighted by Gasteiger charge is 2.19. The zero-order valence-electron chi connectivity index (χ0n) is 10.2. The molecule has 0 aliphatic rings. The highest BCUT2D eigenvalue weighted by molar-refractivity contribution is 6.30. The van der Waals surface area contributed by atoms with Crippen molar-refractivity contribution in [3.8, 4) is 12.3 Å². The Hall–Kier alpha value is -1.99. The Bertz CT molecular complexity index is 490. The number of rotatable bonds is 6. The number of nitrogens with one attached hydrogen (secondary N) is 1. The monoisotopic (exact) mass is 279 g/mol. The van der Waals surface area contributed by atoms with Gasteiger partial charge in [-0.2, -0.15) is 0 Å². The lowest BCUT2D eigenvalue weighted by atomic mass is 10.1. The van der Waals surface area contributed by atoms with Crippen molar-refractivity contribution in [1.29, 1.82) is 0 Å². The van der Waals surface area contributed by atoms with E-state index in [1.165, 1.54) is 12.1 Å². The number of benzene rings is 1. The number of carboxylic acid groups (broad SMARTS) is 1. The number of carbonyl (C=O) groups excluding carboxylic acids is 1. The third-order valence-corrected chi connectivity index (χ3v) is 2.78. The minimum atomic E-state index is -1.07. The van der Waals surface area contributed by atoms with Gasteiger partial charge in [0.2, 0.25) is 0 Å². The number of terminal acetylenes is 1. The van der Waals surface area contributed by atoms with E-state index < -0.39 is 17.9 Å². The van der Waals surface area contributed by atoms with Crippen molar-refractivity contribution < 1.29 is 14.7 Å². The van der Waals surface area contributed by atoms with Gasteiger partial charge in [-0.1, -0.05) is 11.6 Å². The van der Waals surface area contributed by atoms with Crippen LogP contribution in [0.5, 0.6) is 0 Å². The van der Waals surface area contributed by atoms with Crippen LogP contribution in [0.15, 0.2) is 24.3 Å². The van der Waals surface area contributed by atoms with Gasteiger partial charge in [0.05, 0.1) is 0 Å². The van der Waals surface area contributed by atoms with E-state index in [0.717, 1.165) is 0 Å². The molecule has 1 amide bonds. The predicted molar refractivity (Wildman–Crippen MR) is 73.0 cm³/mol. The third kappa shape index (κ3) is 5.02. The average Bonchev–Trinajstić information content (AvgIpc) is 2.38. The molecule has 0 fully saturated rings. The summed E-state index contributed by atoms with van der Waals surface area (Å²) in [6, 6.07) is 5.29. The third-order valence-electron chi connectivity index (χ3n) is 2.52. The van der Waals surface area contributed by atoms with E-state index in [4.69, 9.17) is 23.1 Å². The number of halogens is 1. The van der Waals surface area contributed by atoms with Crippen LogP contribution in [-0.2, 0) is 4.79 Å². The van der Waals surface area contributed by atoms with Gasteiger partial charge in [0.25, 0.3) is 5.91 Å². The summed E-state index contributed by atoms with van der Waals surface area (Å²) >= 11 is 5.71. The van der Waals surface area contributed by atoms with Crippen molar-refractivity contribution >= 4 is 23.5 Å². The van der Waals surface area contributed by atoms with Gasteiger partial charge in [-0.3, -0.25) is 4.79 Å². The Morgan fingerprint density at radius 1 is 1.37 bits per heavy atom. The number of hydrogen-bond donors (Lipinski definition) is 2. The van der Waals surface area contributed by atoms with Crippen molar-refractivity contribution in [2.75, 3.05) is 0 Å². The maximum Gasteiger partial charge on any atom is 0.326 e. The van der Waals surface area contributed by atoms with Crippen molar-refractivity contribution in [2.24, 2.45) is 0 Å². The average molecular weight is 280 g/mol. The second-order valence-electron chi connectivity index (χ2n) is 3.97. The number of carbonyl (C=O) groups is 2. The van der Waals surface area contributed by atoms with Crippen molar-refractivity contribution in [1.82, 2.24) is 5.32 Å². The molecule has 0 aromatic heterocycles. The first kappa shape index (κ1) is 15.1. The molecule has 1 rings (SSSR count). The summed E-state index contributed by atoms with van der Waals surface area (Å²) in [6.45, 7) is 0. The standard InChI is InChI=1S/C14H14ClNO3/c1-2-3-4-5-12(14(18)19)16-13(17)10-6-8-11(15)9-7-10/h1,6-9,12H,3-5H2,(H,16,17)(H,18,19)/t12-/m1/s1. The number of carboxylic acids is 1. The molecule has 0 aliphatic carbocycles. The lowest BCUT2D eigenvalue weighted by Crippen LogP contribution is -2.40. The maximum absolute atomic E-state index is 11.8. The highest BCUT2D eigenvalue weighted by Crippen LogP contribution is 2.10. The zero-order chi connectivity index (χ0) is 14.3. The van der Waals surface area contributed by atoms with Gasteiger partial charge >= 0.3 is 5.97 Å². The van der Waals surface area contributed by atoms with E-state index in [2.05, 4.69) is 11.2 Å². The fourth-order valence-corrected chi connectivity index (χ4v) is 1.63. The Morgan fingerprint density at radius 2 is 2.00 bits per heavy atom. The SMILES string of the molecule is C#CCCC[C@@H](NC(=O)c1ccc(Cl)cc1)C(=O)O. The number of hydrogen-bond acceptors (Lipinski definition) is 2. The quantitative estimate of drug-likeness (QED) is 0.620. The molecule has 100 valence electrons. The van der Waals surface area contributed by atoms with Gasteiger partial charge in [0, 0.05) is 17.0 Å². The fourth-order valence-electron chi connectivity index (χ4n) is 1.51. The van der Waals surface area contributed by atoms with Gasteiger partial charge < -0.3 is 10.4 Å². The molecule has 0 saturated carbocycles. The summed E-state index contributed by atoms with van der Waals surface area (Å²) in [5, 5.41) is 12.0. The molecule has 5 heteroatoms. The van der Waals surface area contributed by atoms with Crippen LogP contribution in [-0.4, -0.2) is 23.0 Å². The van der Waals surface area contributed by atoms with Gasteiger partial charge in [-0.15, -0.1) is 12.3 Å². The minimum Gasteiger partial charge on any atom is -0.480 e. The molecular formula is C14H14ClNO3. The van der Waals surface area contributed by atoms with E-state index in [9.17, 15) is 9.59 Å². The largest absolute Gasteiger partial charge is 0.480 e. The van der Waals surface area contributed by atoms with Crippen molar-refractivity contribution in [2.45, 2.75) is 25.3 Å². The Morgan fingerprint density at radius 3 is 2.53 bits per heavy atom. The van der Waals surface area contributed by atoms with Gasteiger partial charge in [0.1, 0.15) is 6.04 Å². The van der Waals surface area contributed by atoms with Gasteiger partial charge in [-0.25, -0.2) is 4.79 Å². The predicted octanol–water partition coefficient (Wildman–Crippen LogP) is 2.33. The topological polar surface area (TPSA) is 66.4 Å². The molecule has 0 saturated heterocycles. The van der Waals surface area contributed by atoms with Crippen molar-refractivity contribution in [3.63, 3.8) is 0 Å². The molecule has 1 aromatic rings. The summed E-state index contributed by atoms with van der Waals surface area (Å²) in [4.78, 5) is 22.9. The number of aliphatic carboxylic acids is 1. The fraction of sp³-hybridized carbons (Fsp3) is 0.286. The summed E-state index contributed by atoms with van der Waals surface area (Å²) in [6.07, 6.45) is 6.44. The van der Waals surface area contributed by atoms with E-state index in [1.54, 1.807) is 12.1 Å². The van der Waals surface area contributed by atoms with E-state index in [0.29, 0.717) is 29.8 Å². The Balaban J connectivity index is 2.63. The van der Waals surface area contributed by atoms with Crippen LogP contribution >= 0.6 is 11.6 Å².